The molecule has 0 heterocycles. The molecule has 6 nitrogen and oxygen atoms in total. The van der Waals surface area contributed by atoms with Crippen LogP contribution in [0.4, 0.5) is 0 Å². The first-order valence-electron chi connectivity index (χ1n) is 3.71. The molecule has 0 unspecified atom stereocenters. The van der Waals surface area contributed by atoms with Gasteiger partial charge in [-0.1, -0.05) is 0 Å². The lowest BCUT2D eigenvalue weighted by molar-refractivity contribution is -0.113. The molecule has 13 heavy (non-hydrogen) atoms. The van der Waals surface area contributed by atoms with Gasteiger partial charge in [0.1, 0.15) is 0 Å². The Labute approximate surface area is 80.7 Å². The van der Waals surface area contributed by atoms with Gasteiger partial charge in [-0.2, -0.15) is 0 Å². The Morgan fingerprint density at radius 3 is 1.08 bits per heavy atom. The Morgan fingerprint density at radius 1 is 0.692 bits per heavy atom. The monoisotopic (exact) mass is 211 g/mol. The first-order valence-corrected chi connectivity index (χ1v) is 4.91. The van der Waals surface area contributed by atoms with Crippen LogP contribution < -0.4 is 0 Å². The summed E-state index contributed by atoms with van der Waals surface area (Å²) in [5.41, 5.74) is 0. The van der Waals surface area contributed by atoms with Crippen molar-refractivity contribution in [2.75, 3.05) is 42.5 Å². The van der Waals surface area contributed by atoms with Crippen LogP contribution in [0.5, 0.6) is 0 Å². The van der Waals surface area contributed by atoms with Crippen molar-refractivity contribution in [2.45, 2.75) is 0 Å². The van der Waals surface area contributed by atoms with Crippen molar-refractivity contribution in [1.82, 2.24) is 14.5 Å². The maximum atomic E-state index is 5.08. The average molecular weight is 211 g/mol. The van der Waals surface area contributed by atoms with Gasteiger partial charge in [-0.3, -0.25) is 14.5 Å². The molecule has 0 saturated heterocycles. The van der Waals surface area contributed by atoms with Crippen molar-refractivity contribution >= 4 is 8.37 Å². The van der Waals surface area contributed by atoms with E-state index in [-0.39, 0.29) is 0 Å². The van der Waals surface area contributed by atoms with E-state index in [2.05, 4.69) is 0 Å². The summed E-state index contributed by atoms with van der Waals surface area (Å²) >= 11 is 0. The Hall–Kier alpha value is 0.190. The Bertz CT molecular complexity index is 117. The van der Waals surface area contributed by atoms with Gasteiger partial charge in [-0.25, -0.2) is 0 Å². The molecular formula is C6H18N3O3P. The summed E-state index contributed by atoms with van der Waals surface area (Å²) in [6.07, 6.45) is 0. The predicted molar refractivity (Wildman–Crippen MR) is 51.2 cm³/mol. The van der Waals surface area contributed by atoms with Gasteiger partial charge in [-0.05, 0) is 0 Å². The molecule has 0 bridgehead atoms. The Kier molecular flexibility index (Phi) is 6.71. The summed E-state index contributed by atoms with van der Waals surface area (Å²) in [6.45, 7) is 0. The van der Waals surface area contributed by atoms with Gasteiger partial charge in [0.15, 0.2) is 8.37 Å². The van der Waals surface area contributed by atoms with E-state index in [1.165, 1.54) is 0 Å². The van der Waals surface area contributed by atoms with Gasteiger partial charge in [0.25, 0.3) is 0 Å². The molecule has 0 aliphatic carbocycles. The Balaban J connectivity index is 4.34. The highest BCUT2D eigenvalue weighted by Crippen LogP contribution is 2.44. The number of hydrogen-bond donors (Lipinski definition) is 0. The second kappa shape index (κ2) is 6.62. The third kappa shape index (κ3) is 3.83. The molecule has 0 amide bonds. The lowest BCUT2D eigenvalue weighted by Crippen LogP contribution is -2.31. The van der Waals surface area contributed by atoms with E-state index in [9.17, 15) is 0 Å². The van der Waals surface area contributed by atoms with E-state index in [4.69, 9.17) is 14.5 Å². The standard InChI is InChI=1S/C6H18N3O3P/c1-7(10-4)13(8(2)11-5)9(3)12-6/h1-6H3. The van der Waals surface area contributed by atoms with Gasteiger partial charge in [0, 0.05) is 21.1 Å². The molecule has 0 spiro atoms. The van der Waals surface area contributed by atoms with Crippen LogP contribution in [0.3, 0.4) is 0 Å². The summed E-state index contributed by atoms with van der Waals surface area (Å²) in [5.74, 6) is 0. The normalized spacial score (nSPS) is 12.5. The van der Waals surface area contributed by atoms with Crippen LogP contribution in [-0.4, -0.2) is 57.0 Å². The minimum absolute atomic E-state index is 0.911. The van der Waals surface area contributed by atoms with Crippen LogP contribution in [0.2, 0.25) is 0 Å². The smallest absolute Gasteiger partial charge is 0.193 e. The highest BCUT2D eigenvalue weighted by atomic mass is 31.2. The number of nitrogens with zero attached hydrogens (tertiary/aromatic N) is 3. The first kappa shape index (κ1) is 13.2. The Morgan fingerprint density at radius 2 is 0.923 bits per heavy atom. The molecular weight excluding hydrogens is 193 g/mol. The minimum atomic E-state index is -0.911. The van der Waals surface area contributed by atoms with E-state index in [1.807, 2.05) is 21.1 Å². The fraction of sp³-hybridized carbons (Fsp3) is 1.00. The largest absolute Gasteiger partial charge is 0.296 e. The highest BCUT2D eigenvalue weighted by Gasteiger charge is 2.25. The molecule has 0 N–H and O–H groups in total. The van der Waals surface area contributed by atoms with Crippen LogP contribution in [0, 0.1) is 0 Å². The molecule has 0 aromatic rings. The molecule has 0 aliphatic heterocycles. The van der Waals surface area contributed by atoms with Crippen molar-refractivity contribution in [2.24, 2.45) is 0 Å². The fourth-order valence-electron chi connectivity index (χ4n) is 0.751. The van der Waals surface area contributed by atoms with Crippen molar-refractivity contribution in [3.05, 3.63) is 0 Å². The third-order valence-corrected chi connectivity index (χ3v) is 3.55. The van der Waals surface area contributed by atoms with E-state index >= 15 is 0 Å². The van der Waals surface area contributed by atoms with Crippen molar-refractivity contribution in [3.8, 4) is 0 Å². The van der Waals surface area contributed by atoms with Crippen molar-refractivity contribution in [3.63, 3.8) is 0 Å². The molecule has 0 atom stereocenters. The summed E-state index contributed by atoms with van der Waals surface area (Å²) in [5, 5.41) is 0. The van der Waals surface area contributed by atoms with Crippen molar-refractivity contribution in [1.29, 1.82) is 0 Å². The van der Waals surface area contributed by atoms with E-state index in [0.717, 1.165) is 0 Å². The highest BCUT2D eigenvalue weighted by molar-refractivity contribution is 7.49. The van der Waals surface area contributed by atoms with Crippen LogP contribution in [0.1, 0.15) is 0 Å². The predicted octanol–water partition coefficient (Wildman–Crippen LogP) is 0.693. The molecule has 0 radical (unpaired) electrons. The van der Waals surface area contributed by atoms with Gasteiger partial charge in [-0.15, -0.1) is 14.5 Å². The zero-order chi connectivity index (χ0) is 10.4. The fourth-order valence-corrected chi connectivity index (χ4v) is 2.25. The molecule has 0 aromatic heterocycles. The van der Waals surface area contributed by atoms with Crippen LogP contribution in [0.25, 0.3) is 0 Å². The average Bonchev–Trinajstić information content (AvgIpc) is 2.16. The quantitative estimate of drug-likeness (QED) is 0.475. The van der Waals surface area contributed by atoms with Gasteiger partial charge in [0.05, 0.1) is 21.3 Å². The first-order chi connectivity index (χ1) is 6.08. The zero-order valence-electron chi connectivity index (χ0n) is 9.01. The van der Waals surface area contributed by atoms with Crippen molar-refractivity contribution < 1.29 is 14.5 Å². The van der Waals surface area contributed by atoms with Crippen LogP contribution in [0.15, 0.2) is 0 Å². The second-order valence-electron chi connectivity index (χ2n) is 2.21. The molecule has 0 rings (SSSR count). The second-order valence-corrected chi connectivity index (χ2v) is 4.44. The van der Waals surface area contributed by atoms with Crippen LogP contribution in [-0.2, 0) is 14.5 Å². The van der Waals surface area contributed by atoms with Crippen LogP contribution >= 0.6 is 8.37 Å². The summed E-state index contributed by atoms with van der Waals surface area (Å²) < 4.78 is 0. The molecule has 0 aromatic carbocycles. The molecule has 7 heteroatoms. The van der Waals surface area contributed by atoms with Gasteiger partial charge >= 0.3 is 0 Å². The van der Waals surface area contributed by atoms with E-state index in [0.29, 0.717) is 0 Å². The zero-order valence-corrected chi connectivity index (χ0v) is 9.91. The SMILES string of the molecule is CON(C)P(N(C)OC)N(C)OC. The maximum absolute atomic E-state index is 5.08. The molecule has 0 fully saturated rings. The molecule has 80 valence electrons. The number of rotatable bonds is 6. The summed E-state index contributed by atoms with van der Waals surface area (Å²) in [4.78, 5) is 20.2. The molecule has 0 aliphatic rings. The maximum Gasteiger partial charge on any atom is 0.193 e. The minimum Gasteiger partial charge on any atom is -0.296 e. The number of hydrogen-bond acceptors (Lipinski definition) is 6. The van der Waals surface area contributed by atoms with Gasteiger partial charge in [0.2, 0.25) is 0 Å². The lowest BCUT2D eigenvalue weighted by atomic mass is 11.5. The van der Waals surface area contributed by atoms with Gasteiger partial charge < -0.3 is 0 Å². The third-order valence-electron chi connectivity index (χ3n) is 1.55. The summed E-state index contributed by atoms with van der Waals surface area (Å²) in [7, 11) is 9.34. The lowest BCUT2D eigenvalue weighted by Gasteiger charge is -2.35. The topological polar surface area (TPSA) is 37.4 Å². The van der Waals surface area contributed by atoms with E-state index < -0.39 is 8.37 Å². The van der Waals surface area contributed by atoms with E-state index in [1.54, 1.807) is 35.8 Å². The molecule has 0 saturated carbocycles. The number of hydroxylamine groups is 3. The summed E-state index contributed by atoms with van der Waals surface area (Å²) in [6, 6.07) is 0.